The molecule has 2 heterocycles. The van der Waals surface area contributed by atoms with Crippen LogP contribution in [-0.4, -0.2) is 51.8 Å². The third-order valence-electron chi connectivity index (χ3n) is 4.27. The van der Waals surface area contributed by atoms with Crippen molar-refractivity contribution in [3.05, 3.63) is 29.0 Å². The SMILES string of the molecule is Cn1c(CNCC(O)CN2CCCC2)nc2cc(Cl)ccc21. The van der Waals surface area contributed by atoms with Gasteiger partial charge in [0.05, 0.1) is 23.7 Å². The summed E-state index contributed by atoms with van der Waals surface area (Å²) < 4.78 is 2.06. The summed E-state index contributed by atoms with van der Waals surface area (Å²) in [6.45, 7) is 4.20. The van der Waals surface area contributed by atoms with Crippen LogP contribution >= 0.6 is 11.6 Å². The number of aryl methyl sites for hydroxylation is 1. The van der Waals surface area contributed by atoms with Crippen LogP contribution in [0, 0.1) is 0 Å². The Bertz CT molecular complexity index is 636. The van der Waals surface area contributed by atoms with Gasteiger partial charge in [-0.15, -0.1) is 0 Å². The van der Waals surface area contributed by atoms with E-state index in [1.807, 2.05) is 25.2 Å². The molecule has 5 nitrogen and oxygen atoms in total. The first-order chi connectivity index (χ1) is 10.6. The van der Waals surface area contributed by atoms with Gasteiger partial charge in [-0.2, -0.15) is 0 Å². The van der Waals surface area contributed by atoms with Gasteiger partial charge in [-0.1, -0.05) is 11.6 Å². The van der Waals surface area contributed by atoms with Crippen LogP contribution in [0.2, 0.25) is 5.02 Å². The molecule has 0 bridgehead atoms. The number of nitrogens with one attached hydrogen (secondary N) is 1. The number of hydrogen-bond acceptors (Lipinski definition) is 4. The topological polar surface area (TPSA) is 53.3 Å². The molecule has 1 fully saturated rings. The van der Waals surface area contributed by atoms with Crippen molar-refractivity contribution in [3.8, 4) is 0 Å². The Morgan fingerprint density at radius 3 is 2.91 bits per heavy atom. The highest BCUT2D eigenvalue weighted by atomic mass is 35.5. The molecule has 0 saturated carbocycles. The molecule has 0 radical (unpaired) electrons. The molecule has 1 atom stereocenters. The van der Waals surface area contributed by atoms with Gasteiger partial charge in [0, 0.05) is 25.2 Å². The second-order valence-corrected chi connectivity index (χ2v) is 6.45. The van der Waals surface area contributed by atoms with Crippen LogP contribution in [0.4, 0.5) is 0 Å². The van der Waals surface area contributed by atoms with Crippen LogP contribution in [0.15, 0.2) is 18.2 Å². The second kappa shape index (κ2) is 6.96. The van der Waals surface area contributed by atoms with Crippen LogP contribution in [0.25, 0.3) is 11.0 Å². The minimum Gasteiger partial charge on any atom is -0.390 e. The number of aliphatic hydroxyl groups excluding tert-OH is 1. The zero-order chi connectivity index (χ0) is 15.5. The Kier molecular flexibility index (Phi) is 4.98. The smallest absolute Gasteiger partial charge is 0.123 e. The van der Waals surface area contributed by atoms with Crippen LogP contribution < -0.4 is 5.32 Å². The van der Waals surface area contributed by atoms with Crippen LogP contribution in [0.1, 0.15) is 18.7 Å². The van der Waals surface area contributed by atoms with Crippen molar-refractivity contribution in [2.75, 3.05) is 26.2 Å². The Balaban J connectivity index is 1.53. The minimum atomic E-state index is -0.331. The molecule has 6 heteroatoms. The van der Waals surface area contributed by atoms with Gasteiger partial charge in [0.15, 0.2) is 0 Å². The monoisotopic (exact) mass is 322 g/mol. The molecule has 0 spiro atoms. The van der Waals surface area contributed by atoms with Crippen LogP contribution in [0.3, 0.4) is 0 Å². The molecular weight excluding hydrogens is 300 g/mol. The van der Waals surface area contributed by atoms with Gasteiger partial charge >= 0.3 is 0 Å². The number of rotatable bonds is 6. The second-order valence-electron chi connectivity index (χ2n) is 6.01. The van der Waals surface area contributed by atoms with E-state index in [1.54, 1.807) is 0 Å². The summed E-state index contributed by atoms with van der Waals surface area (Å²) in [6.07, 6.45) is 2.17. The van der Waals surface area contributed by atoms with Crippen molar-refractivity contribution >= 4 is 22.6 Å². The van der Waals surface area contributed by atoms with E-state index in [0.717, 1.165) is 36.5 Å². The van der Waals surface area contributed by atoms with Crippen molar-refractivity contribution in [1.82, 2.24) is 19.8 Å². The maximum Gasteiger partial charge on any atom is 0.123 e. The van der Waals surface area contributed by atoms with Crippen molar-refractivity contribution in [3.63, 3.8) is 0 Å². The summed E-state index contributed by atoms with van der Waals surface area (Å²) in [7, 11) is 2.00. The van der Waals surface area contributed by atoms with E-state index in [-0.39, 0.29) is 6.10 Å². The Morgan fingerprint density at radius 1 is 1.36 bits per heavy atom. The molecule has 1 aliphatic heterocycles. The molecule has 1 aromatic heterocycles. The number of fused-ring (bicyclic) bond motifs is 1. The van der Waals surface area contributed by atoms with Gasteiger partial charge in [-0.3, -0.25) is 0 Å². The lowest BCUT2D eigenvalue weighted by Gasteiger charge is -2.19. The largest absolute Gasteiger partial charge is 0.390 e. The summed E-state index contributed by atoms with van der Waals surface area (Å²) >= 11 is 6.00. The van der Waals surface area contributed by atoms with E-state index in [0.29, 0.717) is 18.1 Å². The number of β-amino-alcohol motifs (C(OH)–C–C–N with tert-alkyl or cyclic N) is 1. The Labute approximate surface area is 135 Å². The molecule has 2 N–H and O–H groups in total. The van der Waals surface area contributed by atoms with Gasteiger partial charge in [0.2, 0.25) is 0 Å². The van der Waals surface area contributed by atoms with Crippen LogP contribution in [0.5, 0.6) is 0 Å². The van der Waals surface area contributed by atoms with Crippen molar-refractivity contribution in [1.29, 1.82) is 0 Å². The maximum absolute atomic E-state index is 10.1. The number of aliphatic hydroxyl groups is 1. The molecule has 3 rings (SSSR count). The number of halogens is 1. The first kappa shape index (κ1) is 15.7. The number of benzene rings is 1. The molecule has 1 saturated heterocycles. The normalized spacial score (nSPS) is 17.4. The summed E-state index contributed by atoms with van der Waals surface area (Å²) in [5.74, 6) is 0.950. The highest BCUT2D eigenvalue weighted by Crippen LogP contribution is 2.19. The molecule has 0 aliphatic carbocycles. The van der Waals surface area contributed by atoms with Gasteiger partial charge in [-0.05, 0) is 44.1 Å². The first-order valence-electron chi connectivity index (χ1n) is 7.85. The average Bonchev–Trinajstić information content (AvgIpc) is 3.08. The number of imidazole rings is 1. The van der Waals surface area contributed by atoms with E-state index >= 15 is 0 Å². The Hall–Kier alpha value is -1.14. The fourth-order valence-corrected chi connectivity index (χ4v) is 3.23. The third kappa shape index (κ3) is 3.60. The fraction of sp³-hybridized carbons (Fsp3) is 0.562. The van der Waals surface area contributed by atoms with E-state index < -0.39 is 0 Å². The number of hydrogen-bond donors (Lipinski definition) is 2. The minimum absolute atomic E-state index is 0.331. The van der Waals surface area contributed by atoms with Crippen LogP contribution in [-0.2, 0) is 13.6 Å². The van der Waals surface area contributed by atoms with Crippen molar-refractivity contribution in [2.45, 2.75) is 25.5 Å². The molecule has 2 aromatic rings. The molecule has 120 valence electrons. The standard InChI is InChI=1S/C16H23ClN4O/c1-20-15-5-4-12(17)8-14(15)19-16(20)10-18-9-13(22)11-21-6-2-3-7-21/h4-5,8,13,18,22H,2-3,6-7,9-11H2,1H3. The van der Waals surface area contributed by atoms with E-state index in [4.69, 9.17) is 11.6 Å². The predicted octanol–water partition coefficient (Wildman–Crippen LogP) is 1.77. The summed E-state index contributed by atoms with van der Waals surface area (Å²) in [4.78, 5) is 6.92. The summed E-state index contributed by atoms with van der Waals surface area (Å²) in [5, 5.41) is 14.1. The lowest BCUT2D eigenvalue weighted by molar-refractivity contribution is 0.123. The number of nitrogens with zero attached hydrogens (tertiary/aromatic N) is 3. The summed E-state index contributed by atoms with van der Waals surface area (Å²) in [6, 6.07) is 5.74. The number of aromatic nitrogens is 2. The van der Waals surface area contributed by atoms with Crippen molar-refractivity contribution < 1.29 is 5.11 Å². The summed E-state index contributed by atoms with van der Waals surface area (Å²) in [5.41, 5.74) is 1.98. The average molecular weight is 323 g/mol. The van der Waals surface area contributed by atoms with Crippen molar-refractivity contribution in [2.24, 2.45) is 7.05 Å². The van der Waals surface area contributed by atoms with E-state index in [9.17, 15) is 5.11 Å². The van der Waals surface area contributed by atoms with Gasteiger partial charge in [-0.25, -0.2) is 4.98 Å². The van der Waals surface area contributed by atoms with Gasteiger partial charge in [0.25, 0.3) is 0 Å². The Morgan fingerprint density at radius 2 is 2.14 bits per heavy atom. The molecule has 1 unspecified atom stereocenters. The molecule has 0 amide bonds. The van der Waals surface area contributed by atoms with E-state index in [1.165, 1.54) is 12.8 Å². The van der Waals surface area contributed by atoms with Gasteiger partial charge in [0.1, 0.15) is 5.82 Å². The zero-order valence-corrected chi connectivity index (χ0v) is 13.7. The first-order valence-corrected chi connectivity index (χ1v) is 8.23. The lowest BCUT2D eigenvalue weighted by atomic mass is 10.3. The molecule has 22 heavy (non-hydrogen) atoms. The lowest BCUT2D eigenvalue weighted by Crippen LogP contribution is -2.37. The molecular formula is C16H23ClN4O. The molecule has 1 aromatic carbocycles. The highest BCUT2D eigenvalue weighted by molar-refractivity contribution is 6.31. The quantitative estimate of drug-likeness (QED) is 0.851. The molecule has 1 aliphatic rings. The third-order valence-corrected chi connectivity index (χ3v) is 4.50. The fourth-order valence-electron chi connectivity index (χ4n) is 3.06. The van der Waals surface area contributed by atoms with Gasteiger partial charge < -0.3 is 19.9 Å². The highest BCUT2D eigenvalue weighted by Gasteiger charge is 2.15. The van der Waals surface area contributed by atoms with E-state index in [2.05, 4.69) is 19.8 Å². The zero-order valence-electron chi connectivity index (χ0n) is 12.9. The maximum atomic E-state index is 10.1. The number of likely N-dealkylation sites (tertiary alicyclic amines) is 1. The predicted molar refractivity (Wildman–Crippen MR) is 89.1 cm³/mol.